The molecule has 1 aromatic heterocycles. The molecular formula is C12H22N4O2S. The number of hydrogen-bond donors (Lipinski definition) is 3. The van der Waals surface area contributed by atoms with Crippen LogP contribution >= 0.6 is 11.8 Å². The van der Waals surface area contributed by atoms with E-state index in [4.69, 9.17) is 0 Å². The van der Waals surface area contributed by atoms with Crippen LogP contribution in [0.4, 0.5) is 10.6 Å². The molecule has 0 spiro atoms. The van der Waals surface area contributed by atoms with E-state index in [9.17, 15) is 9.90 Å². The minimum absolute atomic E-state index is 0.171. The van der Waals surface area contributed by atoms with Crippen LogP contribution in [-0.2, 0) is 0 Å². The summed E-state index contributed by atoms with van der Waals surface area (Å²) >= 11 is 1.54. The van der Waals surface area contributed by atoms with Crippen LogP contribution in [0.2, 0.25) is 0 Å². The Morgan fingerprint density at radius 1 is 1.63 bits per heavy atom. The van der Waals surface area contributed by atoms with Crippen molar-refractivity contribution in [2.75, 3.05) is 23.9 Å². The molecule has 1 heterocycles. The van der Waals surface area contributed by atoms with Gasteiger partial charge in [0, 0.05) is 24.4 Å². The summed E-state index contributed by atoms with van der Waals surface area (Å²) in [6.07, 6.45) is 3.55. The number of amides is 2. The zero-order valence-electron chi connectivity index (χ0n) is 11.8. The minimum atomic E-state index is -0.908. The van der Waals surface area contributed by atoms with E-state index in [-0.39, 0.29) is 18.6 Å². The summed E-state index contributed by atoms with van der Waals surface area (Å²) in [5.41, 5.74) is -0.908. The Balaban J connectivity index is 2.49. The number of aromatic nitrogens is 2. The van der Waals surface area contributed by atoms with Crippen molar-refractivity contribution in [3.63, 3.8) is 0 Å². The second-order valence-corrected chi connectivity index (χ2v) is 5.86. The first-order valence-electron chi connectivity index (χ1n) is 6.15. The van der Waals surface area contributed by atoms with Gasteiger partial charge in [0.2, 0.25) is 0 Å². The van der Waals surface area contributed by atoms with Gasteiger partial charge in [-0.05, 0) is 27.0 Å². The molecule has 0 bridgehead atoms. The first-order chi connectivity index (χ1) is 8.85. The second-order valence-electron chi connectivity index (χ2n) is 4.99. The van der Waals surface area contributed by atoms with E-state index in [1.807, 2.05) is 20.1 Å². The lowest BCUT2D eigenvalue weighted by molar-refractivity contribution is 0.0876. The standard InChI is InChI=1S/C12H22N4O2S/c1-9(2)16-10(5-6-14-16)15-11(17)13-7-12(3,18)8-19-4/h5-6,9,18H,7-8H2,1-4H3,(H2,13,15,17). The number of hydrogen-bond acceptors (Lipinski definition) is 4. The summed E-state index contributed by atoms with van der Waals surface area (Å²) in [4.78, 5) is 11.8. The van der Waals surface area contributed by atoms with Crippen molar-refractivity contribution in [1.82, 2.24) is 15.1 Å². The molecule has 1 rings (SSSR count). The highest BCUT2D eigenvalue weighted by atomic mass is 32.2. The lowest BCUT2D eigenvalue weighted by Gasteiger charge is -2.22. The van der Waals surface area contributed by atoms with Crippen molar-refractivity contribution in [1.29, 1.82) is 0 Å². The van der Waals surface area contributed by atoms with Gasteiger partial charge in [0.1, 0.15) is 5.82 Å². The minimum Gasteiger partial charge on any atom is -0.387 e. The van der Waals surface area contributed by atoms with Crippen LogP contribution in [0.25, 0.3) is 0 Å². The van der Waals surface area contributed by atoms with Crippen molar-refractivity contribution in [3.05, 3.63) is 12.3 Å². The number of carbonyl (C=O) groups is 1. The molecular weight excluding hydrogens is 264 g/mol. The number of nitrogens with zero attached hydrogens (tertiary/aromatic N) is 2. The van der Waals surface area contributed by atoms with Crippen LogP contribution in [0, 0.1) is 0 Å². The maximum Gasteiger partial charge on any atom is 0.320 e. The number of thioether (sulfide) groups is 1. The fourth-order valence-electron chi connectivity index (χ4n) is 1.62. The van der Waals surface area contributed by atoms with Gasteiger partial charge in [-0.3, -0.25) is 5.32 Å². The smallest absolute Gasteiger partial charge is 0.320 e. The summed E-state index contributed by atoms with van der Waals surface area (Å²) in [6.45, 7) is 5.87. The molecule has 19 heavy (non-hydrogen) atoms. The van der Waals surface area contributed by atoms with Gasteiger partial charge in [0.25, 0.3) is 0 Å². The third kappa shape index (κ3) is 5.12. The third-order valence-electron chi connectivity index (χ3n) is 2.49. The lowest BCUT2D eigenvalue weighted by atomic mass is 10.1. The molecule has 7 heteroatoms. The normalized spacial score (nSPS) is 14.2. The summed E-state index contributed by atoms with van der Waals surface area (Å²) in [6, 6.07) is 1.56. The second kappa shape index (κ2) is 6.81. The quantitative estimate of drug-likeness (QED) is 0.743. The summed E-state index contributed by atoms with van der Waals surface area (Å²) < 4.78 is 1.72. The first-order valence-corrected chi connectivity index (χ1v) is 7.55. The van der Waals surface area contributed by atoms with E-state index in [0.29, 0.717) is 11.6 Å². The molecule has 2 amide bonds. The average Bonchev–Trinajstić information content (AvgIpc) is 2.75. The van der Waals surface area contributed by atoms with Crippen molar-refractivity contribution >= 4 is 23.6 Å². The van der Waals surface area contributed by atoms with E-state index < -0.39 is 5.60 Å². The molecule has 6 nitrogen and oxygen atoms in total. The van der Waals surface area contributed by atoms with Crippen LogP contribution in [0.5, 0.6) is 0 Å². The van der Waals surface area contributed by atoms with Crippen molar-refractivity contribution in [2.45, 2.75) is 32.4 Å². The van der Waals surface area contributed by atoms with Gasteiger partial charge in [0.05, 0.1) is 11.8 Å². The average molecular weight is 286 g/mol. The monoisotopic (exact) mass is 286 g/mol. The van der Waals surface area contributed by atoms with Crippen molar-refractivity contribution < 1.29 is 9.90 Å². The van der Waals surface area contributed by atoms with Gasteiger partial charge < -0.3 is 10.4 Å². The Morgan fingerprint density at radius 2 is 2.32 bits per heavy atom. The van der Waals surface area contributed by atoms with Crippen LogP contribution < -0.4 is 10.6 Å². The molecule has 0 fully saturated rings. The Hall–Kier alpha value is -1.21. The van der Waals surface area contributed by atoms with Gasteiger partial charge in [0.15, 0.2) is 0 Å². The molecule has 1 unspecified atom stereocenters. The van der Waals surface area contributed by atoms with Crippen molar-refractivity contribution in [3.8, 4) is 0 Å². The van der Waals surface area contributed by atoms with E-state index in [1.165, 1.54) is 11.8 Å². The molecule has 3 N–H and O–H groups in total. The molecule has 0 saturated carbocycles. The maximum absolute atomic E-state index is 11.8. The molecule has 0 saturated heterocycles. The molecule has 0 aliphatic heterocycles. The Bertz CT molecular complexity index is 418. The zero-order chi connectivity index (χ0) is 14.5. The van der Waals surface area contributed by atoms with Gasteiger partial charge >= 0.3 is 6.03 Å². The maximum atomic E-state index is 11.8. The SMILES string of the molecule is CSCC(C)(O)CNC(=O)Nc1ccnn1C(C)C. The highest BCUT2D eigenvalue weighted by molar-refractivity contribution is 7.98. The predicted octanol–water partition coefficient (Wildman–Crippen LogP) is 1.70. The van der Waals surface area contributed by atoms with Crippen LogP contribution in [-0.4, -0.2) is 45.1 Å². The van der Waals surface area contributed by atoms with Gasteiger partial charge in [-0.2, -0.15) is 16.9 Å². The lowest BCUT2D eigenvalue weighted by Crippen LogP contribution is -2.44. The molecule has 0 aliphatic rings. The van der Waals surface area contributed by atoms with Gasteiger partial charge in [-0.15, -0.1) is 0 Å². The predicted molar refractivity (Wildman–Crippen MR) is 78.6 cm³/mol. The number of carbonyl (C=O) groups excluding carboxylic acids is 1. The van der Waals surface area contributed by atoms with E-state index >= 15 is 0 Å². The number of anilines is 1. The summed E-state index contributed by atoms with van der Waals surface area (Å²) in [7, 11) is 0. The summed E-state index contributed by atoms with van der Waals surface area (Å²) in [5, 5.41) is 19.5. The molecule has 1 aromatic rings. The van der Waals surface area contributed by atoms with Crippen molar-refractivity contribution in [2.24, 2.45) is 0 Å². The Morgan fingerprint density at radius 3 is 2.89 bits per heavy atom. The summed E-state index contributed by atoms with van der Waals surface area (Å²) in [5.74, 6) is 1.20. The highest BCUT2D eigenvalue weighted by Crippen LogP contribution is 2.13. The fourth-order valence-corrected chi connectivity index (χ4v) is 2.34. The highest BCUT2D eigenvalue weighted by Gasteiger charge is 2.20. The molecule has 1 atom stereocenters. The zero-order valence-corrected chi connectivity index (χ0v) is 12.6. The van der Waals surface area contributed by atoms with Gasteiger partial charge in [-0.25, -0.2) is 9.48 Å². The number of nitrogens with one attached hydrogen (secondary N) is 2. The number of aliphatic hydroxyl groups is 1. The number of urea groups is 1. The topological polar surface area (TPSA) is 79.2 Å². The van der Waals surface area contributed by atoms with Crippen LogP contribution in [0.15, 0.2) is 12.3 Å². The van der Waals surface area contributed by atoms with Gasteiger partial charge in [-0.1, -0.05) is 0 Å². The Labute approximate surface area is 118 Å². The fraction of sp³-hybridized carbons (Fsp3) is 0.667. The molecule has 108 valence electrons. The van der Waals surface area contributed by atoms with Crippen LogP contribution in [0.3, 0.4) is 0 Å². The van der Waals surface area contributed by atoms with Crippen LogP contribution in [0.1, 0.15) is 26.8 Å². The van der Waals surface area contributed by atoms with E-state index in [1.54, 1.807) is 23.9 Å². The Kier molecular flexibility index (Phi) is 5.68. The first kappa shape index (κ1) is 15.8. The number of rotatable bonds is 6. The molecule has 0 radical (unpaired) electrons. The molecule has 0 aromatic carbocycles. The third-order valence-corrected chi connectivity index (χ3v) is 3.40. The largest absolute Gasteiger partial charge is 0.387 e. The molecule has 0 aliphatic carbocycles. The van der Waals surface area contributed by atoms with E-state index in [0.717, 1.165) is 0 Å². The van der Waals surface area contributed by atoms with E-state index in [2.05, 4.69) is 15.7 Å².